The van der Waals surface area contributed by atoms with Crippen molar-refractivity contribution in [2.24, 2.45) is 0 Å². The van der Waals surface area contributed by atoms with Crippen molar-refractivity contribution >= 4 is 31.5 Å². The van der Waals surface area contributed by atoms with Crippen LogP contribution in [0.5, 0.6) is 0 Å². The van der Waals surface area contributed by atoms with Crippen LogP contribution in [0, 0.1) is 0 Å². The molecule has 3 aromatic carbocycles. The Hall–Kier alpha value is -3.54. The molecule has 1 N–H and O–H groups in total. The number of carbonyl (C=O) groups is 2. The average Bonchev–Trinajstić information content (AvgIpc) is 3.00. The second kappa shape index (κ2) is 14.5. The molecule has 0 spiro atoms. The number of piperidine rings is 1. The summed E-state index contributed by atoms with van der Waals surface area (Å²) < 4.78 is 47.1. The molecule has 236 valence electrons. The predicted molar refractivity (Wildman–Crippen MR) is 171 cm³/mol. The Balaban J connectivity index is 1.32. The number of rotatable bonds is 12. The number of likely N-dealkylation sites (tertiary alicyclic amines) is 1. The highest BCUT2D eigenvalue weighted by Gasteiger charge is 2.28. The highest BCUT2D eigenvalue weighted by atomic mass is 32.2. The van der Waals surface area contributed by atoms with Crippen LogP contribution in [0.3, 0.4) is 0 Å². The standard InChI is InChI=1S/C33H41N3O6S2/c1-4-36(32(37)24-25-10-14-29(15-11-25)43(2,39)40)28-18-21-35(22-19-28)23-20-31(26-8-6-5-7-9-26)34-33(38)27-12-16-30(17-13-27)44(3,41)42/h5-17,28,31H,4,18-24H2,1-3H3,(H,34,38)/t31-/m0/s1. The van der Waals surface area contributed by atoms with Gasteiger partial charge in [0.05, 0.1) is 22.3 Å². The lowest BCUT2D eigenvalue weighted by Crippen LogP contribution is -2.48. The van der Waals surface area contributed by atoms with Crippen LogP contribution >= 0.6 is 0 Å². The second-order valence-corrected chi connectivity index (χ2v) is 15.4. The summed E-state index contributed by atoms with van der Waals surface area (Å²) in [5, 5.41) is 3.13. The van der Waals surface area contributed by atoms with E-state index in [1.807, 2.05) is 42.2 Å². The fourth-order valence-corrected chi connectivity index (χ4v) is 6.90. The van der Waals surface area contributed by atoms with E-state index in [9.17, 15) is 26.4 Å². The summed E-state index contributed by atoms with van der Waals surface area (Å²) in [7, 11) is -6.63. The minimum atomic E-state index is -3.35. The summed E-state index contributed by atoms with van der Waals surface area (Å²) in [4.78, 5) is 31.0. The van der Waals surface area contributed by atoms with Gasteiger partial charge in [0.15, 0.2) is 19.7 Å². The van der Waals surface area contributed by atoms with Crippen LogP contribution in [0.2, 0.25) is 0 Å². The van der Waals surface area contributed by atoms with Crippen LogP contribution < -0.4 is 5.32 Å². The molecule has 0 radical (unpaired) electrons. The number of nitrogens with one attached hydrogen (secondary N) is 1. The van der Waals surface area contributed by atoms with Crippen molar-refractivity contribution in [1.82, 2.24) is 15.1 Å². The minimum Gasteiger partial charge on any atom is -0.345 e. The topological polar surface area (TPSA) is 121 Å². The third-order valence-electron chi connectivity index (χ3n) is 8.15. The van der Waals surface area contributed by atoms with Crippen LogP contribution in [-0.4, -0.2) is 83.2 Å². The van der Waals surface area contributed by atoms with Gasteiger partial charge in [-0.15, -0.1) is 0 Å². The molecule has 0 unspecified atom stereocenters. The van der Waals surface area contributed by atoms with E-state index in [2.05, 4.69) is 10.2 Å². The van der Waals surface area contributed by atoms with E-state index >= 15 is 0 Å². The van der Waals surface area contributed by atoms with E-state index in [0.717, 1.165) is 49.9 Å². The van der Waals surface area contributed by atoms with Crippen molar-refractivity contribution in [1.29, 1.82) is 0 Å². The Morgan fingerprint density at radius 1 is 0.841 bits per heavy atom. The first-order valence-electron chi connectivity index (χ1n) is 14.8. The molecule has 1 atom stereocenters. The van der Waals surface area contributed by atoms with Gasteiger partial charge in [-0.1, -0.05) is 42.5 Å². The number of likely N-dealkylation sites (N-methyl/N-ethyl adjacent to an activating group) is 1. The minimum absolute atomic E-state index is 0.0366. The summed E-state index contributed by atoms with van der Waals surface area (Å²) in [5.74, 6) is -0.227. The highest BCUT2D eigenvalue weighted by Crippen LogP contribution is 2.23. The molecule has 1 fully saturated rings. The Morgan fingerprint density at radius 3 is 1.91 bits per heavy atom. The molecule has 1 heterocycles. The predicted octanol–water partition coefficient (Wildman–Crippen LogP) is 3.91. The van der Waals surface area contributed by atoms with Crippen LogP contribution in [0.1, 0.15) is 53.7 Å². The molecular weight excluding hydrogens is 599 g/mol. The van der Waals surface area contributed by atoms with Crippen LogP contribution in [0.4, 0.5) is 0 Å². The molecule has 0 aromatic heterocycles. The maximum atomic E-state index is 13.2. The van der Waals surface area contributed by atoms with Gasteiger partial charge in [-0.2, -0.15) is 0 Å². The molecule has 0 saturated carbocycles. The zero-order valence-corrected chi connectivity index (χ0v) is 27.1. The van der Waals surface area contributed by atoms with Gasteiger partial charge in [0, 0.05) is 50.3 Å². The zero-order chi connectivity index (χ0) is 31.9. The van der Waals surface area contributed by atoms with Crippen LogP contribution in [-0.2, 0) is 30.9 Å². The van der Waals surface area contributed by atoms with Gasteiger partial charge in [-0.05, 0) is 73.7 Å². The molecule has 1 aliphatic heterocycles. The monoisotopic (exact) mass is 639 g/mol. The molecule has 2 amide bonds. The van der Waals surface area contributed by atoms with Gasteiger partial charge in [-0.3, -0.25) is 9.59 Å². The maximum absolute atomic E-state index is 13.2. The lowest BCUT2D eigenvalue weighted by atomic mass is 9.99. The lowest BCUT2D eigenvalue weighted by molar-refractivity contribution is -0.133. The Morgan fingerprint density at radius 2 is 1.39 bits per heavy atom. The van der Waals surface area contributed by atoms with E-state index in [1.165, 1.54) is 30.5 Å². The summed E-state index contributed by atoms with van der Waals surface area (Å²) in [6.07, 6.45) is 4.93. The van der Waals surface area contributed by atoms with E-state index in [4.69, 9.17) is 0 Å². The van der Waals surface area contributed by atoms with Crippen molar-refractivity contribution in [3.63, 3.8) is 0 Å². The fourth-order valence-electron chi connectivity index (χ4n) is 5.64. The number of nitrogens with zero attached hydrogens (tertiary/aromatic N) is 2. The third-order valence-corrected chi connectivity index (χ3v) is 10.4. The summed E-state index contributed by atoms with van der Waals surface area (Å²) in [6.45, 7) is 5.03. The Labute approximate surface area is 261 Å². The van der Waals surface area contributed by atoms with Crippen molar-refractivity contribution in [3.05, 3.63) is 95.6 Å². The first-order chi connectivity index (χ1) is 20.8. The number of benzene rings is 3. The van der Waals surface area contributed by atoms with Gasteiger partial charge < -0.3 is 15.1 Å². The lowest BCUT2D eigenvalue weighted by Gasteiger charge is -2.38. The van der Waals surface area contributed by atoms with Gasteiger partial charge >= 0.3 is 0 Å². The summed E-state index contributed by atoms with van der Waals surface area (Å²) in [5.41, 5.74) is 2.18. The van der Waals surface area contributed by atoms with Gasteiger partial charge in [0.2, 0.25) is 5.91 Å². The zero-order valence-electron chi connectivity index (χ0n) is 25.5. The molecule has 0 aliphatic carbocycles. The third kappa shape index (κ3) is 8.99. The molecular formula is C33H41N3O6S2. The SMILES string of the molecule is CCN(C(=O)Cc1ccc(S(C)(=O)=O)cc1)C1CCN(CC[C@H](NC(=O)c2ccc(S(C)(=O)=O)cc2)c2ccccc2)CC1. The molecule has 44 heavy (non-hydrogen) atoms. The summed E-state index contributed by atoms with van der Waals surface area (Å²) in [6, 6.07) is 22.2. The van der Waals surface area contributed by atoms with Crippen LogP contribution in [0.25, 0.3) is 0 Å². The average molecular weight is 640 g/mol. The number of hydrogen-bond acceptors (Lipinski definition) is 7. The van der Waals surface area contributed by atoms with Crippen molar-refractivity contribution < 1.29 is 26.4 Å². The quantitative estimate of drug-likeness (QED) is 0.319. The van der Waals surface area contributed by atoms with Crippen LogP contribution in [0.15, 0.2) is 88.7 Å². The molecule has 1 aliphatic rings. The van der Waals surface area contributed by atoms with Gasteiger partial charge in [-0.25, -0.2) is 16.8 Å². The number of hydrogen-bond donors (Lipinski definition) is 1. The van der Waals surface area contributed by atoms with E-state index < -0.39 is 19.7 Å². The number of amides is 2. The van der Waals surface area contributed by atoms with E-state index in [-0.39, 0.29) is 40.1 Å². The Bertz CT molecular complexity index is 1630. The largest absolute Gasteiger partial charge is 0.345 e. The first-order valence-corrected chi connectivity index (χ1v) is 18.6. The van der Waals surface area contributed by atoms with E-state index in [0.29, 0.717) is 18.5 Å². The molecule has 4 rings (SSSR count). The summed E-state index contributed by atoms with van der Waals surface area (Å²) >= 11 is 0. The first kappa shape index (κ1) is 33.4. The van der Waals surface area contributed by atoms with E-state index in [1.54, 1.807) is 24.3 Å². The van der Waals surface area contributed by atoms with Gasteiger partial charge in [0.1, 0.15) is 0 Å². The van der Waals surface area contributed by atoms with Crippen molar-refractivity contribution in [2.45, 2.75) is 54.5 Å². The normalized spacial score (nSPS) is 15.4. The molecule has 1 saturated heterocycles. The van der Waals surface area contributed by atoms with Crippen molar-refractivity contribution in [2.75, 3.05) is 38.7 Å². The van der Waals surface area contributed by atoms with Gasteiger partial charge in [0.25, 0.3) is 5.91 Å². The van der Waals surface area contributed by atoms with Crippen molar-refractivity contribution in [3.8, 4) is 0 Å². The Kier molecular flexibility index (Phi) is 11.0. The molecule has 3 aromatic rings. The highest BCUT2D eigenvalue weighted by molar-refractivity contribution is 7.91. The molecule has 11 heteroatoms. The fraction of sp³-hybridized carbons (Fsp3) is 0.394. The molecule has 9 nitrogen and oxygen atoms in total. The molecule has 0 bridgehead atoms. The number of carbonyl (C=O) groups excluding carboxylic acids is 2. The maximum Gasteiger partial charge on any atom is 0.251 e. The smallest absolute Gasteiger partial charge is 0.251 e. The second-order valence-electron chi connectivity index (χ2n) is 11.4. The number of sulfone groups is 2.